The van der Waals surface area contributed by atoms with Gasteiger partial charge < -0.3 is 29.7 Å². The first-order valence-electron chi connectivity index (χ1n) is 11.0. The van der Waals surface area contributed by atoms with Crippen LogP contribution in [-0.4, -0.2) is 108 Å². The number of benzene rings is 1. The van der Waals surface area contributed by atoms with Crippen molar-refractivity contribution >= 4 is 23.8 Å². The number of aliphatic carboxylic acids is 1. The largest absolute Gasteiger partial charge is 0.497 e. The molecule has 3 rings (SSSR count). The Hall–Kier alpha value is -3.38. The highest BCUT2D eigenvalue weighted by Gasteiger charge is 2.50. The third-order valence-electron chi connectivity index (χ3n) is 5.95. The van der Waals surface area contributed by atoms with Gasteiger partial charge in [-0.3, -0.25) is 14.4 Å². The van der Waals surface area contributed by atoms with E-state index in [0.29, 0.717) is 5.75 Å². The molecule has 1 aromatic carbocycles. The average molecular weight is 478 g/mol. The summed E-state index contributed by atoms with van der Waals surface area (Å²) in [4.78, 5) is 53.3. The van der Waals surface area contributed by atoms with E-state index in [-0.39, 0.29) is 57.4 Å². The first-order valence-corrected chi connectivity index (χ1v) is 11.0. The van der Waals surface area contributed by atoms with Crippen molar-refractivity contribution in [2.75, 3.05) is 47.5 Å². The van der Waals surface area contributed by atoms with Crippen LogP contribution in [0.25, 0.3) is 0 Å². The number of urea groups is 1. The molecule has 1 aromatic rings. The van der Waals surface area contributed by atoms with Gasteiger partial charge in [0.05, 0.1) is 26.8 Å². The molecule has 2 saturated heterocycles. The second kappa shape index (κ2) is 11.2. The van der Waals surface area contributed by atoms with Crippen molar-refractivity contribution in [3.05, 3.63) is 29.8 Å². The van der Waals surface area contributed by atoms with Crippen molar-refractivity contribution in [2.24, 2.45) is 0 Å². The molecular weight excluding hydrogens is 446 g/mol. The number of hydrogen-bond donors (Lipinski definition) is 2. The quantitative estimate of drug-likeness (QED) is 0.506. The minimum absolute atomic E-state index is 0.0368. The average Bonchev–Trinajstić information content (AvgIpc) is 2.81. The number of hydrazine groups is 1. The molecule has 2 atom stereocenters. The maximum atomic E-state index is 13.2. The fourth-order valence-corrected chi connectivity index (χ4v) is 4.25. The maximum absolute atomic E-state index is 13.2. The fraction of sp³-hybridized carbons (Fsp3) is 0.545. The van der Waals surface area contributed by atoms with E-state index in [1.165, 1.54) is 26.9 Å². The van der Waals surface area contributed by atoms with E-state index in [0.717, 1.165) is 5.56 Å². The number of fused-ring (bicyclic) bond motifs is 1. The summed E-state index contributed by atoms with van der Waals surface area (Å²) in [7, 11) is 4.72. The number of ether oxygens (including phenoxy) is 2. The predicted molar refractivity (Wildman–Crippen MR) is 119 cm³/mol. The van der Waals surface area contributed by atoms with Gasteiger partial charge >= 0.3 is 12.0 Å². The van der Waals surface area contributed by atoms with E-state index < -0.39 is 24.2 Å². The Balaban J connectivity index is 1.81. The molecule has 0 radical (unpaired) electrons. The zero-order chi connectivity index (χ0) is 24.8. The van der Waals surface area contributed by atoms with Crippen LogP contribution in [-0.2, 0) is 25.7 Å². The summed E-state index contributed by atoms with van der Waals surface area (Å²) in [5, 5.41) is 15.0. The number of nitrogens with one attached hydrogen (secondary N) is 1. The van der Waals surface area contributed by atoms with Crippen LogP contribution in [0.2, 0.25) is 0 Å². The molecule has 0 spiro atoms. The normalized spacial score (nSPS) is 20.9. The minimum atomic E-state index is -1.06. The number of rotatable bonds is 9. The predicted octanol–water partition coefficient (Wildman–Crippen LogP) is -0.0561. The number of nitrogens with zero attached hydrogens (tertiary/aromatic N) is 4. The van der Waals surface area contributed by atoms with Crippen molar-refractivity contribution < 1.29 is 33.8 Å². The Kier molecular flexibility index (Phi) is 8.29. The van der Waals surface area contributed by atoms with Crippen LogP contribution in [0.4, 0.5) is 4.79 Å². The van der Waals surface area contributed by atoms with Crippen LogP contribution in [0.15, 0.2) is 24.3 Å². The molecule has 186 valence electrons. The summed E-state index contributed by atoms with van der Waals surface area (Å²) in [5.41, 5.74) is 0.863. The lowest BCUT2D eigenvalue weighted by Gasteiger charge is -2.54. The Bertz CT molecular complexity index is 909. The zero-order valence-corrected chi connectivity index (χ0v) is 19.6. The highest BCUT2D eigenvalue weighted by atomic mass is 16.5. The third kappa shape index (κ3) is 5.57. The number of carbonyl (C=O) groups is 4. The Morgan fingerprint density at radius 3 is 2.50 bits per heavy atom. The van der Waals surface area contributed by atoms with Crippen molar-refractivity contribution in [2.45, 2.75) is 31.6 Å². The van der Waals surface area contributed by atoms with Gasteiger partial charge in [-0.2, -0.15) is 0 Å². The SMILES string of the molecule is COCCN1C[C@H]2N(C(=O)CN(C)N2C(=O)NCc2ccc(OC)cc2)[C@@H](CCC(=O)O)C1=O. The molecule has 2 N–H and O–H groups in total. The smallest absolute Gasteiger partial charge is 0.334 e. The van der Waals surface area contributed by atoms with E-state index in [4.69, 9.17) is 14.6 Å². The van der Waals surface area contributed by atoms with E-state index in [1.54, 1.807) is 26.3 Å². The van der Waals surface area contributed by atoms with Crippen LogP contribution in [0.3, 0.4) is 0 Å². The number of piperazine rings is 1. The number of carboxylic acids is 1. The molecule has 0 saturated carbocycles. The fourth-order valence-electron chi connectivity index (χ4n) is 4.25. The Labute approximate surface area is 197 Å². The van der Waals surface area contributed by atoms with Gasteiger partial charge in [0, 0.05) is 33.7 Å². The van der Waals surface area contributed by atoms with Crippen molar-refractivity contribution in [1.82, 2.24) is 25.1 Å². The van der Waals surface area contributed by atoms with Gasteiger partial charge in [0.15, 0.2) is 0 Å². The number of likely N-dealkylation sites (N-methyl/N-ethyl adjacent to an activating group) is 1. The standard InChI is InChI=1S/C22H31N5O7/c1-24-14-19(28)26-17(8-9-20(29)30)21(31)25(10-11-33-2)13-18(26)27(24)22(32)23-12-15-4-6-16(34-3)7-5-15/h4-7,17-18H,8-14H2,1-3H3,(H,23,32)(H,29,30)/t17-,18-/m0/s1. The van der Waals surface area contributed by atoms with Gasteiger partial charge in [0.1, 0.15) is 18.0 Å². The van der Waals surface area contributed by atoms with Crippen LogP contribution in [0.5, 0.6) is 5.75 Å². The highest BCUT2D eigenvalue weighted by molar-refractivity contribution is 5.91. The van der Waals surface area contributed by atoms with Crippen LogP contribution >= 0.6 is 0 Å². The number of hydrogen-bond acceptors (Lipinski definition) is 7. The first-order chi connectivity index (χ1) is 16.3. The first kappa shape index (κ1) is 25.2. The van der Waals surface area contributed by atoms with Crippen LogP contribution in [0, 0.1) is 0 Å². The third-order valence-corrected chi connectivity index (χ3v) is 5.95. The molecule has 0 aromatic heterocycles. The van der Waals surface area contributed by atoms with Crippen molar-refractivity contribution in [3.8, 4) is 5.75 Å². The summed E-state index contributed by atoms with van der Waals surface area (Å²) < 4.78 is 10.2. The summed E-state index contributed by atoms with van der Waals surface area (Å²) in [6, 6.07) is 5.86. The van der Waals surface area contributed by atoms with Gasteiger partial charge in [0.2, 0.25) is 11.8 Å². The van der Waals surface area contributed by atoms with Crippen LogP contribution in [0.1, 0.15) is 18.4 Å². The summed E-state index contributed by atoms with van der Waals surface area (Å²) in [6.07, 6.45) is -1.08. The number of methoxy groups -OCH3 is 2. The molecule has 12 nitrogen and oxygen atoms in total. The lowest BCUT2D eigenvalue weighted by atomic mass is 10.0. The molecular formula is C22H31N5O7. The molecule has 0 aliphatic carbocycles. The molecule has 2 heterocycles. The second-order valence-electron chi connectivity index (χ2n) is 8.17. The molecule has 2 aliphatic heterocycles. The Morgan fingerprint density at radius 1 is 1.18 bits per heavy atom. The Morgan fingerprint density at radius 2 is 1.88 bits per heavy atom. The molecule has 2 fully saturated rings. The lowest BCUT2D eigenvalue weighted by molar-refractivity contribution is -0.188. The highest BCUT2D eigenvalue weighted by Crippen LogP contribution is 2.28. The van der Waals surface area contributed by atoms with E-state index >= 15 is 0 Å². The zero-order valence-electron chi connectivity index (χ0n) is 19.6. The molecule has 12 heteroatoms. The maximum Gasteiger partial charge on any atom is 0.334 e. The summed E-state index contributed by atoms with van der Waals surface area (Å²) >= 11 is 0. The van der Waals surface area contributed by atoms with Gasteiger partial charge in [-0.25, -0.2) is 14.8 Å². The number of amides is 4. The monoisotopic (exact) mass is 477 g/mol. The number of carbonyl (C=O) groups excluding carboxylic acids is 3. The van der Waals surface area contributed by atoms with Gasteiger partial charge in [0.25, 0.3) is 0 Å². The van der Waals surface area contributed by atoms with E-state index in [9.17, 15) is 19.2 Å². The van der Waals surface area contributed by atoms with Gasteiger partial charge in [-0.15, -0.1) is 0 Å². The van der Waals surface area contributed by atoms with Crippen molar-refractivity contribution in [3.63, 3.8) is 0 Å². The molecule has 0 bridgehead atoms. The molecule has 4 amide bonds. The van der Waals surface area contributed by atoms with Gasteiger partial charge in [-0.1, -0.05) is 12.1 Å². The minimum Gasteiger partial charge on any atom is -0.497 e. The van der Waals surface area contributed by atoms with E-state index in [1.807, 2.05) is 12.1 Å². The topological polar surface area (TPSA) is 132 Å². The molecule has 2 aliphatic rings. The second-order valence-corrected chi connectivity index (χ2v) is 8.17. The molecule has 34 heavy (non-hydrogen) atoms. The van der Waals surface area contributed by atoms with Crippen molar-refractivity contribution in [1.29, 1.82) is 0 Å². The molecule has 0 unspecified atom stereocenters. The summed E-state index contributed by atoms with van der Waals surface area (Å²) in [5.74, 6) is -1.03. The summed E-state index contributed by atoms with van der Waals surface area (Å²) in [6.45, 7) is 0.780. The van der Waals surface area contributed by atoms with Gasteiger partial charge in [-0.05, 0) is 24.1 Å². The lowest BCUT2D eigenvalue weighted by Crippen LogP contribution is -2.76. The van der Waals surface area contributed by atoms with Crippen LogP contribution < -0.4 is 10.1 Å². The van der Waals surface area contributed by atoms with E-state index in [2.05, 4.69) is 5.32 Å². The number of carboxylic acid groups (broad SMARTS) is 1.